The van der Waals surface area contributed by atoms with E-state index in [2.05, 4.69) is 5.32 Å². The number of non-ortho nitro benzene ring substituents is 1. The summed E-state index contributed by atoms with van der Waals surface area (Å²) < 4.78 is 14.2. The van der Waals surface area contributed by atoms with E-state index in [1.54, 1.807) is 6.07 Å². The topological polar surface area (TPSA) is 92.6 Å². The number of rotatable bonds is 6. The van der Waals surface area contributed by atoms with Crippen LogP contribution in [0.5, 0.6) is 0 Å². The quantitative estimate of drug-likeness (QED) is 0.336. The van der Waals surface area contributed by atoms with E-state index in [4.69, 9.17) is 0 Å². The highest BCUT2D eigenvalue weighted by molar-refractivity contribution is 6.36. The number of carbonyl (C=O) groups is 2. The van der Waals surface area contributed by atoms with Crippen molar-refractivity contribution < 1.29 is 18.9 Å². The van der Waals surface area contributed by atoms with Gasteiger partial charge < -0.3 is 5.32 Å². The Bertz CT molecular complexity index is 1320. The minimum absolute atomic E-state index is 0.0390. The number of amides is 2. The van der Waals surface area contributed by atoms with Gasteiger partial charge in [0.25, 0.3) is 17.5 Å². The molecular formula is C25H20FN3O4. The van der Waals surface area contributed by atoms with Crippen LogP contribution >= 0.6 is 0 Å². The minimum atomic E-state index is -0.607. The van der Waals surface area contributed by atoms with Gasteiger partial charge in [0.1, 0.15) is 11.5 Å². The molecule has 1 aliphatic heterocycles. The Labute approximate surface area is 189 Å². The fourth-order valence-corrected chi connectivity index (χ4v) is 3.74. The van der Waals surface area contributed by atoms with Crippen LogP contribution in [0.2, 0.25) is 0 Å². The second kappa shape index (κ2) is 8.66. The summed E-state index contributed by atoms with van der Waals surface area (Å²) in [5, 5.41) is 14.1. The van der Waals surface area contributed by atoms with E-state index < -0.39 is 22.6 Å². The SMILES string of the molecule is Cc1ccc(NC2=C(c3ccc([N+](=O)[O-])cc3)C(=O)N(Cc3ccccc3F)C2=O)c(C)c1. The Morgan fingerprint density at radius 2 is 1.67 bits per heavy atom. The molecule has 0 aromatic heterocycles. The maximum Gasteiger partial charge on any atom is 0.278 e. The van der Waals surface area contributed by atoms with Gasteiger partial charge in [-0.3, -0.25) is 24.6 Å². The molecule has 0 atom stereocenters. The Kier molecular flexibility index (Phi) is 5.74. The van der Waals surface area contributed by atoms with Crippen LogP contribution in [0.1, 0.15) is 22.3 Å². The van der Waals surface area contributed by atoms with Crippen molar-refractivity contribution in [3.63, 3.8) is 0 Å². The van der Waals surface area contributed by atoms with E-state index in [0.717, 1.165) is 16.0 Å². The minimum Gasteiger partial charge on any atom is -0.350 e. The first-order chi connectivity index (χ1) is 15.8. The largest absolute Gasteiger partial charge is 0.350 e. The molecule has 0 spiro atoms. The van der Waals surface area contributed by atoms with Crippen molar-refractivity contribution in [2.75, 3.05) is 5.32 Å². The first-order valence-electron chi connectivity index (χ1n) is 10.2. The van der Waals surface area contributed by atoms with Crippen LogP contribution in [0, 0.1) is 29.8 Å². The zero-order chi connectivity index (χ0) is 23.7. The van der Waals surface area contributed by atoms with Crippen LogP contribution < -0.4 is 5.32 Å². The van der Waals surface area contributed by atoms with E-state index in [1.807, 2.05) is 32.0 Å². The molecule has 0 radical (unpaired) electrons. The number of carbonyl (C=O) groups excluding carboxylic acids is 2. The van der Waals surface area contributed by atoms with E-state index >= 15 is 0 Å². The monoisotopic (exact) mass is 445 g/mol. The number of nitrogens with one attached hydrogen (secondary N) is 1. The summed E-state index contributed by atoms with van der Waals surface area (Å²) in [6, 6.07) is 16.9. The number of hydrogen-bond donors (Lipinski definition) is 1. The number of nitro benzene ring substituents is 1. The van der Waals surface area contributed by atoms with Gasteiger partial charge in [-0.25, -0.2) is 4.39 Å². The smallest absolute Gasteiger partial charge is 0.278 e. The van der Waals surface area contributed by atoms with E-state index in [1.165, 1.54) is 42.5 Å². The molecule has 2 amide bonds. The molecule has 33 heavy (non-hydrogen) atoms. The third-order valence-electron chi connectivity index (χ3n) is 5.46. The predicted octanol–water partition coefficient (Wildman–Crippen LogP) is 4.74. The van der Waals surface area contributed by atoms with Crippen LogP contribution in [-0.4, -0.2) is 21.6 Å². The summed E-state index contributed by atoms with van der Waals surface area (Å²) in [4.78, 5) is 38.1. The van der Waals surface area contributed by atoms with Gasteiger partial charge in [0.15, 0.2) is 0 Å². The maximum absolute atomic E-state index is 14.2. The molecule has 3 aromatic carbocycles. The Balaban J connectivity index is 1.78. The maximum atomic E-state index is 14.2. The highest BCUT2D eigenvalue weighted by atomic mass is 19.1. The first-order valence-corrected chi connectivity index (χ1v) is 10.2. The lowest BCUT2D eigenvalue weighted by molar-refractivity contribution is -0.384. The average Bonchev–Trinajstić information content (AvgIpc) is 3.01. The van der Waals surface area contributed by atoms with Gasteiger partial charge in [0.05, 0.1) is 17.0 Å². The summed E-state index contributed by atoms with van der Waals surface area (Å²) in [6.45, 7) is 3.58. The lowest BCUT2D eigenvalue weighted by atomic mass is 10.0. The first kappa shape index (κ1) is 21.9. The van der Waals surface area contributed by atoms with Gasteiger partial charge >= 0.3 is 0 Å². The lowest BCUT2D eigenvalue weighted by Crippen LogP contribution is -2.32. The molecule has 0 aliphatic carbocycles. The Hall–Kier alpha value is -4.33. The molecule has 4 rings (SSSR count). The van der Waals surface area contributed by atoms with Crippen LogP contribution in [0.3, 0.4) is 0 Å². The van der Waals surface area contributed by atoms with Gasteiger partial charge in [0.2, 0.25) is 0 Å². The van der Waals surface area contributed by atoms with Gasteiger partial charge in [0, 0.05) is 23.4 Å². The number of benzene rings is 3. The Morgan fingerprint density at radius 3 is 2.30 bits per heavy atom. The third-order valence-corrected chi connectivity index (χ3v) is 5.46. The van der Waals surface area contributed by atoms with Gasteiger partial charge in [-0.05, 0) is 49.2 Å². The van der Waals surface area contributed by atoms with Crippen molar-refractivity contribution in [3.05, 3.63) is 111 Å². The molecule has 1 aliphatic rings. The average molecular weight is 445 g/mol. The van der Waals surface area contributed by atoms with Gasteiger partial charge in [-0.2, -0.15) is 0 Å². The van der Waals surface area contributed by atoms with Crippen molar-refractivity contribution in [3.8, 4) is 0 Å². The summed E-state index contributed by atoms with van der Waals surface area (Å²) in [6.07, 6.45) is 0. The Morgan fingerprint density at radius 1 is 0.970 bits per heavy atom. The van der Waals surface area contributed by atoms with Gasteiger partial charge in [-0.15, -0.1) is 0 Å². The standard InChI is InChI=1S/C25H20FN3O4/c1-15-7-12-21(16(2)13-15)27-23-22(17-8-10-19(11-9-17)29(32)33)24(30)28(25(23)31)14-18-5-3-4-6-20(18)26/h3-13,27H,14H2,1-2H3. The molecule has 1 heterocycles. The number of anilines is 1. The van der Waals surface area contributed by atoms with E-state index in [0.29, 0.717) is 11.3 Å². The van der Waals surface area contributed by atoms with Crippen LogP contribution in [0.15, 0.2) is 72.4 Å². The molecule has 0 saturated carbocycles. The molecule has 166 valence electrons. The van der Waals surface area contributed by atoms with Crippen LogP contribution in [0.4, 0.5) is 15.8 Å². The van der Waals surface area contributed by atoms with Crippen LogP contribution in [0.25, 0.3) is 5.57 Å². The zero-order valence-corrected chi connectivity index (χ0v) is 18.0. The number of halogens is 1. The van der Waals surface area contributed by atoms with E-state index in [-0.39, 0.29) is 29.1 Å². The van der Waals surface area contributed by atoms with Crippen molar-refractivity contribution in [1.29, 1.82) is 0 Å². The molecule has 3 aromatic rings. The normalized spacial score (nSPS) is 13.6. The number of aryl methyl sites for hydroxylation is 2. The highest BCUT2D eigenvalue weighted by Crippen LogP contribution is 2.33. The van der Waals surface area contributed by atoms with Gasteiger partial charge in [-0.1, -0.05) is 35.9 Å². The van der Waals surface area contributed by atoms with Crippen molar-refractivity contribution >= 4 is 28.8 Å². The second-order valence-corrected chi connectivity index (χ2v) is 7.79. The van der Waals surface area contributed by atoms with Crippen LogP contribution in [-0.2, 0) is 16.1 Å². The zero-order valence-electron chi connectivity index (χ0n) is 18.0. The summed E-state index contributed by atoms with van der Waals surface area (Å²) in [5.41, 5.74) is 3.09. The molecular weight excluding hydrogens is 425 g/mol. The summed E-state index contributed by atoms with van der Waals surface area (Å²) in [7, 11) is 0. The molecule has 8 heteroatoms. The molecule has 0 fully saturated rings. The molecule has 0 unspecified atom stereocenters. The number of nitrogens with zero attached hydrogens (tertiary/aromatic N) is 2. The second-order valence-electron chi connectivity index (χ2n) is 7.79. The number of nitro groups is 1. The van der Waals surface area contributed by atoms with E-state index in [9.17, 15) is 24.1 Å². The lowest BCUT2D eigenvalue weighted by Gasteiger charge is -2.16. The summed E-state index contributed by atoms with van der Waals surface area (Å²) >= 11 is 0. The van der Waals surface area contributed by atoms with Crippen molar-refractivity contribution in [2.45, 2.75) is 20.4 Å². The fraction of sp³-hybridized carbons (Fsp3) is 0.120. The number of imide groups is 1. The molecule has 0 bridgehead atoms. The van der Waals surface area contributed by atoms with Crippen molar-refractivity contribution in [1.82, 2.24) is 4.90 Å². The highest BCUT2D eigenvalue weighted by Gasteiger charge is 2.39. The summed E-state index contributed by atoms with van der Waals surface area (Å²) in [5.74, 6) is -1.73. The third kappa shape index (κ3) is 4.23. The fourth-order valence-electron chi connectivity index (χ4n) is 3.74. The molecule has 0 saturated heterocycles. The molecule has 7 nitrogen and oxygen atoms in total. The van der Waals surface area contributed by atoms with Crippen molar-refractivity contribution in [2.24, 2.45) is 0 Å². The molecule has 1 N–H and O–H groups in total. The number of hydrogen-bond acceptors (Lipinski definition) is 5. The predicted molar refractivity (Wildman–Crippen MR) is 122 cm³/mol.